The van der Waals surface area contributed by atoms with Crippen LogP contribution in [-0.2, 0) is 0 Å². The number of amides is 2. The first kappa shape index (κ1) is 16.0. The van der Waals surface area contributed by atoms with E-state index in [1.165, 1.54) is 17.5 Å². The van der Waals surface area contributed by atoms with Gasteiger partial charge in [0, 0.05) is 22.7 Å². The van der Waals surface area contributed by atoms with E-state index in [2.05, 4.69) is 10.4 Å². The Morgan fingerprint density at radius 3 is 2.38 bits per heavy atom. The number of aromatic nitrogens is 1. The summed E-state index contributed by atoms with van der Waals surface area (Å²) >= 11 is 1.32. The monoisotopic (exact) mass is 360 g/mol. The highest BCUT2D eigenvalue weighted by atomic mass is 32.1. The van der Waals surface area contributed by atoms with Crippen molar-refractivity contribution in [3.8, 4) is 6.07 Å². The van der Waals surface area contributed by atoms with Crippen molar-refractivity contribution >= 4 is 39.5 Å². The summed E-state index contributed by atoms with van der Waals surface area (Å²) in [5, 5.41) is 14.1. The van der Waals surface area contributed by atoms with Gasteiger partial charge in [0.1, 0.15) is 16.6 Å². The number of aryl methyl sites for hydroxylation is 1. The van der Waals surface area contributed by atoms with Crippen LogP contribution in [0.15, 0.2) is 48.0 Å². The summed E-state index contributed by atoms with van der Waals surface area (Å²) < 4.78 is 0. The molecule has 6 nitrogen and oxygen atoms in total. The SMILES string of the molecule is Cc1csc(/C(C#N)=C/NN2C(=O)c3cccc4cccc(c34)C2=O)n1. The number of hydrazine groups is 1. The van der Waals surface area contributed by atoms with Gasteiger partial charge < -0.3 is 0 Å². The number of rotatable bonds is 3. The lowest BCUT2D eigenvalue weighted by atomic mass is 9.95. The average molecular weight is 360 g/mol. The van der Waals surface area contributed by atoms with Crippen LogP contribution in [0.4, 0.5) is 0 Å². The van der Waals surface area contributed by atoms with Crippen LogP contribution in [0.3, 0.4) is 0 Å². The summed E-state index contributed by atoms with van der Waals surface area (Å²) in [6.45, 7) is 1.83. The fourth-order valence-electron chi connectivity index (χ4n) is 2.90. The second kappa shape index (κ2) is 6.10. The van der Waals surface area contributed by atoms with Crippen LogP contribution in [0.2, 0.25) is 0 Å². The van der Waals surface area contributed by atoms with Crippen LogP contribution >= 0.6 is 11.3 Å². The van der Waals surface area contributed by atoms with E-state index in [0.717, 1.165) is 16.1 Å². The van der Waals surface area contributed by atoms with E-state index in [1.807, 2.05) is 30.5 Å². The highest BCUT2D eigenvalue weighted by Gasteiger charge is 2.32. The van der Waals surface area contributed by atoms with Crippen LogP contribution in [0, 0.1) is 18.3 Å². The van der Waals surface area contributed by atoms with Crippen LogP contribution in [0.1, 0.15) is 31.4 Å². The molecule has 0 radical (unpaired) electrons. The molecule has 0 aliphatic carbocycles. The predicted molar refractivity (Wildman–Crippen MR) is 98.0 cm³/mol. The summed E-state index contributed by atoms with van der Waals surface area (Å²) in [5.41, 5.74) is 4.63. The Bertz CT molecular complexity index is 1090. The molecule has 3 aromatic rings. The fraction of sp³-hybridized carbons (Fsp3) is 0.0526. The van der Waals surface area contributed by atoms with Crippen molar-refractivity contribution in [2.24, 2.45) is 0 Å². The molecular weight excluding hydrogens is 348 g/mol. The minimum Gasteiger partial charge on any atom is -0.294 e. The Morgan fingerprint density at radius 2 is 1.85 bits per heavy atom. The van der Waals surface area contributed by atoms with Gasteiger partial charge in [0.05, 0.1) is 11.1 Å². The molecule has 2 aromatic carbocycles. The Kier molecular flexibility index (Phi) is 3.75. The van der Waals surface area contributed by atoms with E-state index in [0.29, 0.717) is 21.5 Å². The third-order valence-corrected chi connectivity index (χ3v) is 5.07. The molecule has 0 fully saturated rings. The van der Waals surface area contributed by atoms with Crippen molar-refractivity contribution in [1.82, 2.24) is 15.4 Å². The molecule has 7 heteroatoms. The number of nitrogens with zero attached hydrogens (tertiary/aromatic N) is 3. The Labute approximate surface area is 153 Å². The van der Waals surface area contributed by atoms with E-state index in [4.69, 9.17) is 0 Å². The normalized spacial score (nSPS) is 13.8. The van der Waals surface area contributed by atoms with E-state index in [1.54, 1.807) is 24.3 Å². The van der Waals surface area contributed by atoms with E-state index < -0.39 is 11.8 Å². The number of carbonyl (C=O) groups excluding carboxylic acids is 2. The molecule has 1 aliphatic heterocycles. The zero-order valence-electron chi connectivity index (χ0n) is 13.7. The van der Waals surface area contributed by atoms with Gasteiger partial charge in [0.2, 0.25) is 0 Å². The molecular formula is C19H12N4O2S. The number of benzene rings is 2. The molecule has 0 saturated heterocycles. The number of carbonyl (C=O) groups is 2. The Hall–Kier alpha value is -3.50. The van der Waals surface area contributed by atoms with Gasteiger partial charge >= 0.3 is 0 Å². The number of hydrogen-bond donors (Lipinski definition) is 1. The highest BCUT2D eigenvalue weighted by Crippen LogP contribution is 2.29. The number of imide groups is 1. The topological polar surface area (TPSA) is 86.1 Å². The average Bonchev–Trinajstić information content (AvgIpc) is 3.08. The highest BCUT2D eigenvalue weighted by molar-refractivity contribution is 7.10. The lowest BCUT2D eigenvalue weighted by Gasteiger charge is -2.26. The van der Waals surface area contributed by atoms with Crippen LogP contribution in [0.5, 0.6) is 0 Å². The molecule has 0 saturated carbocycles. The molecule has 1 aliphatic rings. The minimum absolute atomic E-state index is 0.251. The molecule has 2 amide bonds. The lowest BCUT2D eigenvalue weighted by molar-refractivity contribution is 0.0554. The van der Waals surface area contributed by atoms with Crippen LogP contribution in [-0.4, -0.2) is 21.8 Å². The number of thiazole rings is 1. The second-order valence-corrected chi connectivity index (χ2v) is 6.61. The summed E-state index contributed by atoms with van der Waals surface area (Å²) in [4.78, 5) is 29.8. The van der Waals surface area contributed by atoms with Crippen LogP contribution in [0.25, 0.3) is 16.3 Å². The number of hydrogen-bond acceptors (Lipinski definition) is 6. The maximum Gasteiger partial charge on any atom is 0.280 e. The first-order valence-corrected chi connectivity index (χ1v) is 8.67. The van der Waals surface area contributed by atoms with Gasteiger partial charge in [-0.2, -0.15) is 10.3 Å². The maximum absolute atomic E-state index is 12.8. The molecule has 126 valence electrons. The molecule has 2 heterocycles. The molecule has 4 rings (SSSR count). The molecule has 1 N–H and O–H groups in total. The van der Waals surface area contributed by atoms with Crippen molar-refractivity contribution in [3.63, 3.8) is 0 Å². The van der Waals surface area contributed by atoms with E-state index in [9.17, 15) is 14.9 Å². The summed E-state index contributed by atoms with van der Waals surface area (Å²) in [6.07, 6.45) is 1.34. The van der Waals surface area contributed by atoms with E-state index >= 15 is 0 Å². The van der Waals surface area contributed by atoms with Crippen molar-refractivity contribution in [2.75, 3.05) is 0 Å². The second-order valence-electron chi connectivity index (χ2n) is 5.75. The van der Waals surface area contributed by atoms with E-state index in [-0.39, 0.29) is 5.57 Å². The Balaban J connectivity index is 1.73. The molecule has 26 heavy (non-hydrogen) atoms. The van der Waals surface area contributed by atoms with Crippen LogP contribution < -0.4 is 5.43 Å². The smallest absolute Gasteiger partial charge is 0.280 e. The summed E-state index contributed by atoms with van der Waals surface area (Å²) in [6, 6.07) is 12.7. The molecule has 1 aromatic heterocycles. The van der Waals surface area contributed by atoms with Gasteiger partial charge in [0.25, 0.3) is 11.8 Å². The standard InChI is InChI=1S/C19H12N4O2S/c1-11-10-26-17(22-11)13(8-20)9-21-23-18(24)14-6-2-4-12-5-3-7-15(16(12)14)19(23)25/h2-7,9-10,21H,1H3/b13-9+. The van der Waals surface area contributed by atoms with Gasteiger partial charge in [0.15, 0.2) is 0 Å². The molecule has 0 bridgehead atoms. The maximum atomic E-state index is 12.8. The third kappa shape index (κ3) is 2.44. The third-order valence-electron chi connectivity index (χ3n) is 4.08. The number of nitrogens with one attached hydrogen (secondary N) is 1. The van der Waals surface area contributed by atoms with Crippen molar-refractivity contribution < 1.29 is 9.59 Å². The van der Waals surface area contributed by atoms with Gasteiger partial charge in [-0.3, -0.25) is 15.0 Å². The van der Waals surface area contributed by atoms with Gasteiger partial charge in [-0.15, -0.1) is 11.3 Å². The zero-order chi connectivity index (χ0) is 18.3. The zero-order valence-corrected chi connectivity index (χ0v) is 14.5. The fourth-order valence-corrected chi connectivity index (χ4v) is 3.66. The van der Waals surface area contributed by atoms with Gasteiger partial charge in [-0.25, -0.2) is 4.98 Å². The minimum atomic E-state index is -0.455. The molecule has 0 unspecified atom stereocenters. The predicted octanol–water partition coefficient (Wildman–Crippen LogP) is 3.27. The Morgan fingerprint density at radius 1 is 1.19 bits per heavy atom. The summed E-state index contributed by atoms with van der Waals surface area (Å²) in [5.74, 6) is -0.911. The first-order chi connectivity index (χ1) is 12.6. The van der Waals surface area contributed by atoms with Gasteiger partial charge in [-0.1, -0.05) is 24.3 Å². The first-order valence-electron chi connectivity index (χ1n) is 7.79. The molecule has 0 spiro atoms. The lowest BCUT2D eigenvalue weighted by Crippen LogP contribution is -2.47. The van der Waals surface area contributed by atoms with Crippen molar-refractivity contribution in [1.29, 1.82) is 5.26 Å². The quantitative estimate of drug-likeness (QED) is 0.572. The van der Waals surface area contributed by atoms with Gasteiger partial charge in [-0.05, 0) is 24.4 Å². The van der Waals surface area contributed by atoms with Crippen molar-refractivity contribution in [2.45, 2.75) is 6.92 Å². The number of nitriles is 1. The largest absolute Gasteiger partial charge is 0.294 e. The molecule has 0 atom stereocenters. The summed E-state index contributed by atoms with van der Waals surface area (Å²) in [7, 11) is 0. The van der Waals surface area contributed by atoms with Crippen molar-refractivity contribution in [3.05, 3.63) is 69.8 Å². The number of allylic oxidation sites excluding steroid dienone is 1.